The van der Waals surface area contributed by atoms with Crippen molar-refractivity contribution in [2.45, 2.75) is 12.2 Å². The second-order valence-corrected chi connectivity index (χ2v) is 5.30. The van der Waals surface area contributed by atoms with Gasteiger partial charge in [0.2, 0.25) is 5.69 Å². The Morgan fingerprint density at radius 1 is 1.11 bits per heavy atom. The molecule has 0 bridgehead atoms. The summed E-state index contributed by atoms with van der Waals surface area (Å²) < 4.78 is 85.0. The number of nitrogens with zero attached hydrogens (tertiary/aromatic N) is 2. The number of halogens is 5. The average molecular weight is 408 g/mol. The van der Waals surface area contributed by atoms with Gasteiger partial charge in [-0.3, -0.25) is 4.79 Å². The predicted molar refractivity (Wildman–Crippen MR) is 78.8 cm³/mol. The van der Waals surface area contributed by atoms with Crippen LogP contribution in [0.5, 0.6) is 17.2 Å². The number of benzene rings is 1. The highest BCUT2D eigenvalue weighted by atomic mass is 19.3. The van der Waals surface area contributed by atoms with E-state index >= 15 is 0 Å². The fourth-order valence-corrected chi connectivity index (χ4v) is 2.22. The van der Waals surface area contributed by atoms with Crippen molar-refractivity contribution in [1.82, 2.24) is 9.78 Å². The van der Waals surface area contributed by atoms with Crippen LogP contribution in [-0.2, 0) is 4.74 Å². The molecule has 0 saturated carbocycles. The lowest BCUT2D eigenvalue weighted by Crippen LogP contribution is -2.52. The smallest absolute Gasteiger partial charge is 0.491 e. The second-order valence-electron chi connectivity index (χ2n) is 5.30. The van der Waals surface area contributed by atoms with E-state index in [1.807, 2.05) is 0 Å². The van der Waals surface area contributed by atoms with Crippen molar-refractivity contribution in [3.05, 3.63) is 40.1 Å². The van der Waals surface area contributed by atoms with Crippen LogP contribution < -0.4 is 19.6 Å². The van der Waals surface area contributed by atoms with Crippen LogP contribution in [0.3, 0.4) is 0 Å². The summed E-state index contributed by atoms with van der Waals surface area (Å²) in [4.78, 5) is 23.7. The number of fused-ring (bicyclic) bond motifs is 1. The van der Waals surface area contributed by atoms with Gasteiger partial charge in [-0.25, -0.2) is 13.9 Å². The van der Waals surface area contributed by atoms with Crippen molar-refractivity contribution in [2.75, 3.05) is 14.2 Å². The highest BCUT2D eigenvalue weighted by Gasteiger charge is 2.66. The molecule has 0 spiro atoms. The number of carbonyl (C=O) groups excluding carboxylic acids is 1. The summed E-state index contributed by atoms with van der Waals surface area (Å²) in [6.07, 6.45) is -9.21. The molecule has 1 aliphatic rings. The number of alkyl halides is 4. The van der Waals surface area contributed by atoms with Crippen LogP contribution in [0.15, 0.2) is 23.1 Å². The summed E-state index contributed by atoms with van der Waals surface area (Å²) in [7, 11) is 2.03. The Kier molecular flexibility index (Phi) is 4.40. The van der Waals surface area contributed by atoms with E-state index in [0.29, 0.717) is 16.8 Å². The molecule has 13 heteroatoms. The fourth-order valence-electron chi connectivity index (χ4n) is 2.22. The summed E-state index contributed by atoms with van der Waals surface area (Å²) in [6, 6.07) is 0.934. The largest absolute Gasteiger partial charge is 0.507 e. The van der Waals surface area contributed by atoms with Crippen molar-refractivity contribution in [3.63, 3.8) is 0 Å². The van der Waals surface area contributed by atoms with Crippen molar-refractivity contribution < 1.29 is 45.7 Å². The zero-order chi connectivity index (χ0) is 20.9. The lowest BCUT2D eigenvalue weighted by Gasteiger charge is -2.32. The molecule has 1 aliphatic heterocycles. The van der Waals surface area contributed by atoms with Crippen LogP contribution in [0.25, 0.3) is 5.69 Å². The summed E-state index contributed by atoms with van der Waals surface area (Å²) in [5, 5.41) is 3.57. The highest BCUT2D eigenvalue weighted by Crippen LogP contribution is 2.47. The first-order valence-corrected chi connectivity index (χ1v) is 7.24. The third kappa shape index (κ3) is 2.97. The molecule has 0 unspecified atom stereocenters. The number of hydrogen-bond donors (Lipinski definition) is 0. The lowest BCUT2D eigenvalue weighted by molar-refractivity contribution is -0.391. The summed E-state index contributed by atoms with van der Waals surface area (Å²) in [6.45, 7) is 0. The molecule has 0 saturated heterocycles. The third-order valence-electron chi connectivity index (χ3n) is 3.56. The van der Waals surface area contributed by atoms with Gasteiger partial charge in [-0.05, 0) is 0 Å². The molecular formula is C15H9F5N2O6. The van der Waals surface area contributed by atoms with Crippen LogP contribution >= 0.6 is 0 Å². The minimum absolute atomic E-state index is 0.359. The zero-order valence-corrected chi connectivity index (χ0v) is 14.0. The van der Waals surface area contributed by atoms with Gasteiger partial charge in [-0.15, -0.1) is 0 Å². The number of carbonyl (C=O) groups is 1. The number of ether oxygens (including phenoxy) is 4. The summed E-state index contributed by atoms with van der Waals surface area (Å²) in [5.41, 5.74) is -2.41. The van der Waals surface area contributed by atoms with Gasteiger partial charge in [0.1, 0.15) is 5.69 Å². The Morgan fingerprint density at radius 2 is 1.68 bits per heavy atom. The first kappa shape index (κ1) is 19.4. The van der Waals surface area contributed by atoms with E-state index in [9.17, 15) is 31.5 Å². The van der Waals surface area contributed by atoms with Crippen LogP contribution in [0.1, 0.15) is 10.5 Å². The molecule has 150 valence electrons. The number of methoxy groups -OCH3 is 2. The molecular weight excluding hydrogens is 399 g/mol. The highest BCUT2D eigenvalue weighted by molar-refractivity contribution is 5.87. The van der Waals surface area contributed by atoms with E-state index in [1.165, 1.54) is 0 Å². The molecule has 0 fully saturated rings. The van der Waals surface area contributed by atoms with Gasteiger partial charge < -0.3 is 18.9 Å². The minimum atomic E-state index is -5.03. The van der Waals surface area contributed by atoms with Crippen LogP contribution in [0.4, 0.5) is 22.0 Å². The first-order valence-electron chi connectivity index (χ1n) is 7.24. The standard InChI is InChI=1S/C15H9F5N2O6/c1-25-10-5-22(21-11(12(10)23)13(24)26-2)7-4-9-8(3-6(7)16)27-14(17,18)15(19,20)28-9/h3-5H,1-2H3. The fraction of sp³-hybridized carbons (Fsp3) is 0.267. The maximum absolute atomic E-state index is 14.4. The molecule has 2 aromatic rings. The Balaban J connectivity index is 2.19. The van der Waals surface area contributed by atoms with E-state index < -0.39 is 58.1 Å². The number of hydrogen-bond acceptors (Lipinski definition) is 7. The lowest BCUT2D eigenvalue weighted by atomic mass is 10.2. The van der Waals surface area contributed by atoms with Gasteiger partial charge >= 0.3 is 18.2 Å². The maximum atomic E-state index is 14.4. The number of esters is 1. The first-order chi connectivity index (χ1) is 13.0. The second kappa shape index (κ2) is 6.35. The Bertz CT molecular complexity index is 1020. The Hall–Kier alpha value is -3.38. The van der Waals surface area contributed by atoms with Crippen molar-refractivity contribution >= 4 is 5.97 Å². The summed E-state index contributed by atoms with van der Waals surface area (Å²) >= 11 is 0. The van der Waals surface area contributed by atoms with Gasteiger partial charge in [0.05, 0.1) is 20.4 Å². The predicted octanol–water partition coefficient (Wildman–Crippen LogP) is 2.12. The molecule has 3 rings (SSSR count). The normalized spacial score (nSPS) is 16.4. The quantitative estimate of drug-likeness (QED) is 0.568. The van der Waals surface area contributed by atoms with Gasteiger partial charge in [0.15, 0.2) is 23.1 Å². The molecule has 0 N–H and O–H groups in total. The third-order valence-corrected chi connectivity index (χ3v) is 3.56. The van der Waals surface area contributed by atoms with Gasteiger partial charge in [0, 0.05) is 12.1 Å². The van der Waals surface area contributed by atoms with E-state index in [-0.39, 0.29) is 0 Å². The molecule has 28 heavy (non-hydrogen) atoms. The van der Waals surface area contributed by atoms with Crippen LogP contribution in [0, 0.1) is 5.82 Å². The molecule has 0 amide bonds. The Morgan fingerprint density at radius 3 is 2.21 bits per heavy atom. The molecule has 1 aromatic carbocycles. The zero-order valence-electron chi connectivity index (χ0n) is 14.0. The molecule has 1 aromatic heterocycles. The maximum Gasteiger partial charge on any atom is 0.507 e. The Labute approximate surface area is 152 Å². The van der Waals surface area contributed by atoms with Crippen LogP contribution in [0.2, 0.25) is 0 Å². The van der Waals surface area contributed by atoms with E-state index in [1.54, 1.807) is 0 Å². The monoisotopic (exact) mass is 408 g/mol. The molecule has 8 nitrogen and oxygen atoms in total. The van der Waals surface area contributed by atoms with Crippen molar-refractivity contribution in [2.24, 2.45) is 0 Å². The van der Waals surface area contributed by atoms with Gasteiger partial charge in [-0.1, -0.05) is 0 Å². The number of rotatable bonds is 3. The average Bonchev–Trinajstić information content (AvgIpc) is 2.62. The van der Waals surface area contributed by atoms with E-state index in [4.69, 9.17) is 4.74 Å². The van der Waals surface area contributed by atoms with Gasteiger partial charge in [-0.2, -0.15) is 22.7 Å². The number of aromatic nitrogens is 2. The van der Waals surface area contributed by atoms with E-state index in [2.05, 4.69) is 19.3 Å². The van der Waals surface area contributed by atoms with Crippen molar-refractivity contribution in [1.29, 1.82) is 0 Å². The topological polar surface area (TPSA) is 88.9 Å². The molecule has 0 atom stereocenters. The van der Waals surface area contributed by atoms with E-state index in [0.717, 1.165) is 20.4 Å². The minimum Gasteiger partial charge on any atom is -0.491 e. The SMILES string of the molecule is COC(=O)c1nn(-c2cc3c(cc2F)OC(F)(F)C(F)(F)O3)cc(OC)c1=O. The van der Waals surface area contributed by atoms with Crippen molar-refractivity contribution in [3.8, 4) is 22.9 Å². The molecule has 0 aliphatic carbocycles. The van der Waals surface area contributed by atoms with Crippen LogP contribution in [-0.4, -0.2) is 42.2 Å². The molecule has 2 heterocycles. The van der Waals surface area contributed by atoms with Gasteiger partial charge in [0.25, 0.3) is 5.43 Å². The molecule has 0 radical (unpaired) electrons. The summed E-state index contributed by atoms with van der Waals surface area (Å²) in [5.74, 6) is -4.81.